The fourth-order valence-electron chi connectivity index (χ4n) is 3.56. The Morgan fingerprint density at radius 3 is 2.27 bits per heavy atom. The normalized spacial score (nSPS) is 21.9. The summed E-state index contributed by atoms with van der Waals surface area (Å²) in [4.78, 5) is 0. The Morgan fingerprint density at radius 1 is 1.07 bits per heavy atom. The van der Waals surface area contributed by atoms with Gasteiger partial charge in [0.15, 0.2) is 0 Å². The molecule has 162 valence electrons. The van der Waals surface area contributed by atoms with Crippen molar-refractivity contribution < 1.29 is 30.5 Å². The van der Waals surface area contributed by atoms with Gasteiger partial charge < -0.3 is 8.92 Å². The molecule has 4 nitrogen and oxygen atoms in total. The van der Waals surface area contributed by atoms with Crippen molar-refractivity contribution >= 4 is 10.1 Å². The van der Waals surface area contributed by atoms with Crippen LogP contribution >= 0.6 is 0 Å². The minimum Gasteiger partial charge on any atom is -0.381 e. The molecule has 30 heavy (non-hydrogen) atoms. The van der Waals surface area contributed by atoms with E-state index in [2.05, 4.69) is 4.18 Å². The molecule has 2 aromatic rings. The van der Waals surface area contributed by atoms with E-state index in [0.29, 0.717) is 31.3 Å². The average molecular weight is 440 g/mol. The standard InChI is InChI=1S/C22H23F3O4S/c1-16(29-30(26,27)22(23,24)25)19-13-15-20(18-10-6-3-7-11-18)28-21(19)14-12-17-8-4-2-5-9-17/h2-11,20-21H,12-15H2,1H3/b19-16+. The van der Waals surface area contributed by atoms with Gasteiger partial charge in [-0.2, -0.15) is 21.6 Å². The van der Waals surface area contributed by atoms with Crippen LogP contribution in [0.15, 0.2) is 72.0 Å². The van der Waals surface area contributed by atoms with Gasteiger partial charge in [-0.3, -0.25) is 0 Å². The van der Waals surface area contributed by atoms with E-state index in [-0.39, 0.29) is 11.9 Å². The summed E-state index contributed by atoms with van der Waals surface area (Å²) in [5.74, 6) is -0.267. The summed E-state index contributed by atoms with van der Waals surface area (Å²) >= 11 is 0. The third-order valence-corrected chi connectivity index (χ3v) is 6.11. The van der Waals surface area contributed by atoms with E-state index < -0.39 is 21.7 Å². The van der Waals surface area contributed by atoms with Gasteiger partial charge in [0, 0.05) is 0 Å². The molecule has 0 aromatic heterocycles. The molecule has 2 atom stereocenters. The van der Waals surface area contributed by atoms with Gasteiger partial charge in [0.1, 0.15) is 5.76 Å². The Morgan fingerprint density at radius 2 is 1.67 bits per heavy atom. The zero-order chi connectivity index (χ0) is 21.8. The summed E-state index contributed by atoms with van der Waals surface area (Å²) in [5.41, 5.74) is -2.99. The lowest BCUT2D eigenvalue weighted by molar-refractivity contribution is -0.0531. The molecule has 0 radical (unpaired) electrons. The van der Waals surface area contributed by atoms with Crippen molar-refractivity contribution in [2.45, 2.75) is 50.3 Å². The maximum absolute atomic E-state index is 12.7. The van der Waals surface area contributed by atoms with Crippen LogP contribution in [0.1, 0.15) is 43.4 Å². The van der Waals surface area contributed by atoms with E-state index in [4.69, 9.17) is 4.74 Å². The molecule has 2 aromatic carbocycles. The van der Waals surface area contributed by atoms with Crippen LogP contribution < -0.4 is 0 Å². The van der Waals surface area contributed by atoms with E-state index in [9.17, 15) is 21.6 Å². The number of allylic oxidation sites excluding steroid dienone is 1. The van der Waals surface area contributed by atoms with Crippen molar-refractivity contribution in [1.29, 1.82) is 0 Å². The van der Waals surface area contributed by atoms with Gasteiger partial charge in [0.25, 0.3) is 0 Å². The van der Waals surface area contributed by atoms with Crippen molar-refractivity contribution in [3.8, 4) is 0 Å². The minimum absolute atomic E-state index is 0.220. The third kappa shape index (κ3) is 5.43. The van der Waals surface area contributed by atoms with Crippen molar-refractivity contribution in [2.75, 3.05) is 0 Å². The van der Waals surface area contributed by atoms with Crippen molar-refractivity contribution in [2.24, 2.45) is 0 Å². The summed E-state index contributed by atoms with van der Waals surface area (Å²) < 4.78 is 71.8. The predicted molar refractivity (Wildman–Crippen MR) is 107 cm³/mol. The number of hydrogen-bond acceptors (Lipinski definition) is 4. The van der Waals surface area contributed by atoms with Crippen molar-refractivity contribution in [3.05, 3.63) is 83.1 Å². The number of rotatable bonds is 6. The molecule has 0 N–H and O–H groups in total. The Bertz CT molecular complexity index is 970. The Balaban J connectivity index is 1.84. The maximum atomic E-state index is 12.7. The molecule has 0 saturated carbocycles. The first-order chi connectivity index (χ1) is 14.2. The van der Waals surface area contributed by atoms with E-state index in [1.54, 1.807) is 0 Å². The van der Waals surface area contributed by atoms with Gasteiger partial charge in [0.2, 0.25) is 0 Å². The second-order valence-electron chi connectivity index (χ2n) is 7.15. The van der Waals surface area contributed by atoms with Crippen LogP contribution in [0.2, 0.25) is 0 Å². The minimum atomic E-state index is -5.72. The van der Waals surface area contributed by atoms with E-state index in [1.165, 1.54) is 6.92 Å². The van der Waals surface area contributed by atoms with Crippen molar-refractivity contribution in [3.63, 3.8) is 0 Å². The highest BCUT2D eigenvalue weighted by molar-refractivity contribution is 7.87. The van der Waals surface area contributed by atoms with Gasteiger partial charge in [-0.05, 0) is 49.3 Å². The molecule has 8 heteroatoms. The van der Waals surface area contributed by atoms with Crippen LogP contribution in [0.3, 0.4) is 0 Å². The second-order valence-corrected chi connectivity index (χ2v) is 8.69. The maximum Gasteiger partial charge on any atom is 0.534 e. The van der Waals surface area contributed by atoms with Crippen LogP contribution in [-0.4, -0.2) is 20.0 Å². The number of aryl methyl sites for hydroxylation is 1. The Labute approximate surface area is 174 Å². The summed E-state index contributed by atoms with van der Waals surface area (Å²) in [6.45, 7) is 1.25. The number of hydrogen-bond donors (Lipinski definition) is 0. The zero-order valence-electron chi connectivity index (χ0n) is 16.4. The number of benzene rings is 2. The molecule has 1 aliphatic heterocycles. The Hall–Kier alpha value is -2.32. The van der Waals surface area contributed by atoms with Crippen LogP contribution in [0.4, 0.5) is 13.2 Å². The summed E-state index contributed by atoms with van der Waals surface area (Å²) in [7, 11) is -5.72. The highest BCUT2D eigenvalue weighted by atomic mass is 32.2. The SMILES string of the molecule is C/C(OS(=O)(=O)C(F)(F)F)=C1/CCC(c2ccccc2)OC1CCc1ccccc1. The monoisotopic (exact) mass is 440 g/mol. The molecule has 0 amide bonds. The van der Waals surface area contributed by atoms with Gasteiger partial charge in [0.05, 0.1) is 12.2 Å². The molecule has 2 unspecified atom stereocenters. The summed E-state index contributed by atoms with van der Waals surface area (Å²) in [6.07, 6.45) is 1.27. The lowest BCUT2D eigenvalue weighted by Gasteiger charge is -2.33. The molecule has 1 fully saturated rings. The highest BCUT2D eigenvalue weighted by Crippen LogP contribution is 2.38. The fourth-order valence-corrected chi connectivity index (χ4v) is 4.09. The lowest BCUT2D eigenvalue weighted by atomic mass is 9.90. The largest absolute Gasteiger partial charge is 0.534 e. The molecular weight excluding hydrogens is 417 g/mol. The van der Waals surface area contributed by atoms with E-state index in [1.807, 2.05) is 60.7 Å². The third-order valence-electron chi connectivity index (χ3n) is 5.07. The zero-order valence-corrected chi connectivity index (χ0v) is 17.2. The molecule has 3 rings (SSSR count). The lowest BCUT2D eigenvalue weighted by Crippen LogP contribution is -2.29. The van der Waals surface area contributed by atoms with Crippen LogP contribution in [0.5, 0.6) is 0 Å². The van der Waals surface area contributed by atoms with Gasteiger partial charge in [-0.15, -0.1) is 0 Å². The average Bonchev–Trinajstić information content (AvgIpc) is 2.72. The predicted octanol–water partition coefficient (Wildman–Crippen LogP) is 5.68. The van der Waals surface area contributed by atoms with Gasteiger partial charge in [-0.1, -0.05) is 60.7 Å². The van der Waals surface area contributed by atoms with Crippen molar-refractivity contribution in [1.82, 2.24) is 0 Å². The molecule has 0 aliphatic carbocycles. The van der Waals surface area contributed by atoms with Gasteiger partial charge in [-0.25, -0.2) is 0 Å². The molecule has 0 spiro atoms. The summed E-state index contributed by atoms with van der Waals surface area (Å²) in [6, 6.07) is 19.2. The molecule has 1 heterocycles. The molecule has 0 bridgehead atoms. The Kier molecular flexibility index (Phi) is 6.88. The van der Waals surface area contributed by atoms with E-state index >= 15 is 0 Å². The van der Waals surface area contributed by atoms with Gasteiger partial charge >= 0.3 is 15.6 Å². The molecular formula is C22H23F3O4S. The van der Waals surface area contributed by atoms with Crippen LogP contribution in [-0.2, 0) is 25.5 Å². The fraction of sp³-hybridized carbons (Fsp3) is 0.364. The number of ether oxygens (including phenoxy) is 1. The highest BCUT2D eigenvalue weighted by Gasteiger charge is 2.49. The van der Waals surface area contributed by atoms with E-state index in [0.717, 1.165) is 11.1 Å². The quantitative estimate of drug-likeness (QED) is 0.329. The second kappa shape index (κ2) is 9.22. The first-order valence-electron chi connectivity index (χ1n) is 9.62. The first kappa shape index (κ1) is 22.4. The summed E-state index contributed by atoms with van der Waals surface area (Å²) in [5, 5.41) is 0. The molecule has 1 aliphatic rings. The number of halogens is 3. The topological polar surface area (TPSA) is 52.6 Å². The number of alkyl halides is 3. The van der Waals surface area contributed by atoms with Crippen LogP contribution in [0, 0.1) is 0 Å². The first-order valence-corrected chi connectivity index (χ1v) is 11.0. The smallest absolute Gasteiger partial charge is 0.381 e. The van der Waals surface area contributed by atoms with Crippen LogP contribution in [0.25, 0.3) is 0 Å². The molecule has 1 saturated heterocycles.